The Hall–Kier alpha value is -4.03. The summed E-state index contributed by atoms with van der Waals surface area (Å²) in [7, 11) is 0. The minimum atomic E-state index is -5.04. The molecule has 0 radical (unpaired) electrons. The second-order valence-electron chi connectivity index (χ2n) is 12.3. The predicted molar refractivity (Wildman–Crippen MR) is 169 cm³/mol. The number of rotatable bonds is 8. The summed E-state index contributed by atoms with van der Waals surface area (Å²) in [6.07, 6.45) is -6.91. The van der Waals surface area contributed by atoms with E-state index in [1.54, 1.807) is 0 Å². The molecule has 2 fully saturated rings. The number of hydrogen-bond donors (Lipinski definition) is 1. The Balaban J connectivity index is 1.15. The van der Waals surface area contributed by atoms with Gasteiger partial charge in [0.15, 0.2) is 0 Å². The lowest BCUT2D eigenvalue weighted by atomic mass is 9.98. The Kier molecular flexibility index (Phi) is 9.52. The quantitative estimate of drug-likeness (QED) is 0.212. The zero-order valence-corrected chi connectivity index (χ0v) is 25.8. The maximum atomic E-state index is 13.8. The average Bonchev–Trinajstić information content (AvgIpc) is 3.47. The van der Waals surface area contributed by atoms with Crippen molar-refractivity contribution < 1.29 is 31.1 Å². The maximum Gasteiger partial charge on any atom is 0.416 e. The second kappa shape index (κ2) is 13.6. The standard InChI is InChI=1S/C35H37F6N5O/c36-34(37,38)27-19-25(20-28(22-27)35(39,40)41)33(47)46-18-15-44(24-30(46)21-26-23-42-32-10-5-4-9-31(26)32)12-6-11-43-13-16-45(17-14-43)29-7-2-1-3-8-29/h1-5,7-10,19-20,22-23,30,42H,6,11-18,21,24H2/t30-/m1/s1. The molecule has 12 heteroatoms. The summed E-state index contributed by atoms with van der Waals surface area (Å²) in [4.78, 5) is 25.5. The molecule has 250 valence electrons. The second-order valence-corrected chi connectivity index (χ2v) is 12.3. The molecule has 0 saturated carbocycles. The lowest BCUT2D eigenvalue weighted by Gasteiger charge is -2.42. The van der Waals surface area contributed by atoms with E-state index in [4.69, 9.17) is 0 Å². The van der Waals surface area contributed by atoms with Crippen LogP contribution in [0.25, 0.3) is 10.9 Å². The molecule has 2 aliphatic rings. The Morgan fingerprint density at radius 2 is 1.36 bits per heavy atom. The number of amides is 1. The molecule has 2 saturated heterocycles. The van der Waals surface area contributed by atoms with Crippen LogP contribution in [0.2, 0.25) is 0 Å². The lowest BCUT2D eigenvalue weighted by molar-refractivity contribution is -0.143. The van der Waals surface area contributed by atoms with Gasteiger partial charge in [-0.05, 0) is 67.9 Å². The highest BCUT2D eigenvalue weighted by molar-refractivity contribution is 5.95. The van der Waals surface area contributed by atoms with Crippen LogP contribution < -0.4 is 4.90 Å². The van der Waals surface area contributed by atoms with Crippen LogP contribution in [0.1, 0.15) is 33.5 Å². The number of H-pyrrole nitrogens is 1. The molecule has 47 heavy (non-hydrogen) atoms. The molecule has 3 aromatic carbocycles. The number of fused-ring (bicyclic) bond motifs is 1. The predicted octanol–water partition coefficient (Wildman–Crippen LogP) is 6.79. The summed E-state index contributed by atoms with van der Waals surface area (Å²) in [6, 6.07) is 18.7. The van der Waals surface area contributed by atoms with Gasteiger partial charge in [0.1, 0.15) is 0 Å². The fourth-order valence-electron chi connectivity index (χ4n) is 6.75. The van der Waals surface area contributed by atoms with Gasteiger partial charge in [-0.3, -0.25) is 14.6 Å². The lowest BCUT2D eigenvalue weighted by Crippen LogP contribution is -2.56. The number of aromatic amines is 1. The molecule has 1 atom stereocenters. The fraction of sp³-hybridized carbons (Fsp3) is 0.400. The van der Waals surface area contributed by atoms with Crippen LogP contribution in [0, 0.1) is 0 Å². The first kappa shape index (κ1) is 32.9. The molecule has 1 amide bonds. The van der Waals surface area contributed by atoms with Crippen molar-refractivity contribution in [1.29, 1.82) is 0 Å². The minimum absolute atomic E-state index is 0.0552. The average molecular weight is 658 g/mol. The molecular formula is C35H37F6N5O. The number of hydrogen-bond acceptors (Lipinski definition) is 4. The Morgan fingerprint density at radius 3 is 2.04 bits per heavy atom. The molecule has 1 aromatic heterocycles. The van der Waals surface area contributed by atoms with Crippen molar-refractivity contribution in [2.75, 3.05) is 63.8 Å². The number of aromatic nitrogens is 1. The topological polar surface area (TPSA) is 45.8 Å². The number of anilines is 1. The highest BCUT2D eigenvalue weighted by Gasteiger charge is 2.39. The molecule has 3 heterocycles. The zero-order valence-electron chi connectivity index (χ0n) is 25.8. The molecule has 6 rings (SSSR count). The number of alkyl halides is 6. The van der Waals surface area contributed by atoms with Gasteiger partial charge in [-0.25, -0.2) is 0 Å². The Bertz CT molecular complexity index is 1630. The van der Waals surface area contributed by atoms with E-state index in [-0.39, 0.29) is 12.6 Å². The van der Waals surface area contributed by atoms with E-state index in [9.17, 15) is 31.1 Å². The van der Waals surface area contributed by atoms with E-state index < -0.39 is 41.0 Å². The summed E-state index contributed by atoms with van der Waals surface area (Å²) in [5.74, 6) is -0.831. The summed E-state index contributed by atoms with van der Waals surface area (Å²) >= 11 is 0. The third-order valence-electron chi connectivity index (χ3n) is 9.24. The van der Waals surface area contributed by atoms with Crippen LogP contribution >= 0.6 is 0 Å². The summed E-state index contributed by atoms with van der Waals surface area (Å²) in [5.41, 5.74) is -0.534. The van der Waals surface area contributed by atoms with Gasteiger partial charge in [-0.1, -0.05) is 36.4 Å². The first-order valence-corrected chi connectivity index (χ1v) is 15.9. The van der Waals surface area contributed by atoms with E-state index >= 15 is 0 Å². The van der Waals surface area contributed by atoms with Crippen molar-refractivity contribution in [2.45, 2.75) is 31.2 Å². The van der Waals surface area contributed by atoms with Gasteiger partial charge in [0.25, 0.3) is 5.91 Å². The number of piperazine rings is 2. The highest BCUT2D eigenvalue weighted by atomic mass is 19.4. The number of nitrogens with zero attached hydrogens (tertiary/aromatic N) is 4. The molecule has 0 aliphatic carbocycles. The number of para-hydroxylation sites is 2. The van der Waals surface area contributed by atoms with Crippen LogP contribution in [-0.4, -0.2) is 90.5 Å². The van der Waals surface area contributed by atoms with E-state index in [2.05, 4.69) is 31.8 Å². The smallest absolute Gasteiger partial charge is 0.369 e. The fourth-order valence-corrected chi connectivity index (χ4v) is 6.75. The molecule has 2 aliphatic heterocycles. The molecule has 1 N–H and O–H groups in total. The van der Waals surface area contributed by atoms with Gasteiger partial charge in [0.2, 0.25) is 0 Å². The third-order valence-corrected chi connectivity index (χ3v) is 9.24. The van der Waals surface area contributed by atoms with Gasteiger partial charge >= 0.3 is 12.4 Å². The SMILES string of the molecule is O=C(c1cc(C(F)(F)F)cc(C(F)(F)F)c1)N1CCN(CCCN2CCN(c3ccccc3)CC2)C[C@H]1Cc1c[nH]c2ccccc12. The third kappa shape index (κ3) is 7.76. The van der Waals surface area contributed by atoms with E-state index in [1.807, 2.05) is 48.7 Å². The van der Waals surface area contributed by atoms with Gasteiger partial charge in [0, 0.05) is 80.2 Å². The molecule has 0 unspecified atom stereocenters. The van der Waals surface area contributed by atoms with Crippen LogP contribution in [0.15, 0.2) is 79.0 Å². The molecule has 0 spiro atoms. The number of carbonyl (C=O) groups excluding carboxylic acids is 1. The summed E-state index contributed by atoms with van der Waals surface area (Å²) < 4.78 is 81.7. The summed E-state index contributed by atoms with van der Waals surface area (Å²) in [6.45, 7) is 6.62. The monoisotopic (exact) mass is 657 g/mol. The van der Waals surface area contributed by atoms with Crippen LogP contribution in [0.4, 0.5) is 32.0 Å². The molecule has 4 aromatic rings. The Morgan fingerprint density at radius 1 is 0.745 bits per heavy atom. The van der Waals surface area contributed by atoms with Crippen LogP contribution in [0.3, 0.4) is 0 Å². The highest BCUT2D eigenvalue weighted by Crippen LogP contribution is 2.37. The first-order chi connectivity index (χ1) is 22.5. The van der Waals surface area contributed by atoms with Crippen molar-refractivity contribution in [2.24, 2.45) is 0 Å². The van der Waals surface area contributed by atoms with Crippen LogP contribution in [0.5, 0.6) is 0 Å². The summed E-state index contributed by atoms with van der Waals surface area (Å²) in [5, 5.41) is 0.963. The van der Waals surface area contributed by atoms with Gasteiger partial charge in [-0.2, -0.15) is 26.3 Å². The minimum Gasteiger partial charge on any atom is -0.369 e. The zero-order chi connectivity index (χ0) is 33.2. The van der Waals surface area contributed by atoms with Gasteiger partial charge < -0.3 is 14.8 Å². The van der Waals surface area contributed by atoms with Gasteiger partial charge in [0.05, 0.1) is 11.1 Å². The molecule has 6 nitrogen and oxygen atoms in total. The maximum absolute atomic E-state index is 13.8. The van der Waals surface area contributed by atoms with Crippen molar-refractivity contribution in [3.8, 4) is 0 Å². The normalized spacial score (nSPS) is 18.6. The van der Waals surface area contributed by atoms with Crippen molar-refractivity contribution >= 4 is 22.5 Å². The number of benzene rings is 3. The van der Waals surface area contributed by atoms with Crippen molar-refractivity contribution in [1.82, 2.24) is 19.7 Å². The number of carbonyl (C=O) groups is 1. The number of halogens is 6. The van der Waals surface area contributed by atoms with Crippen molar-refractivity contribution in [3.63, 3.8) is 0 Å². The Labute approximate surface area is 269 Å². The number of nitrogens with one attached hydrogen (secondary N) is 1. The van der Waals surface area contributed by atoms with Crippen LogP contribution in [-0.2, 0) is 18.8 Å². The van der Waals surface area contributed by atoms with E-state index in [0.717, 1.165) is 62.2 Å². The first-order valence-electron chi connectivity index (χ1n) is 15.9. The van der Waals surface area contributed by atoms with E-state index in [1.165, 1.54) is 10.6 Å². The molecular weight excluding hydrogens is 620 g/mol. The largest absolute Gasteiger partial charge is 0.416 e. The van der Waals surface area contributed by atoms with Gasteiger partial charge in [-0.15, -0.1) is 0 Å². The molecule has 0 bridgehead atoms. The van der Waals surface area contributed by atoms with Crippen molar-refractivity contribution in [3.05, 3.63) is 101 Å². The van der Waals surface area contributed by atoms with E-state index in [0.29, 0.717) is 31.6 Å².